The Kier molecular flexibility index (Phi) is 3.14. The van der Waals surface area contributed by atoms with Crippen LogP contribution in [-0.2, 0) is 20.7 Å². The molecular weight excluding hydrogens is 192 g/mol. The summed E-state index contributed by atoms with van der Waals surface area (Å²) in [7, 11) is 0. The standard InChI is InChI=1S/C12H14O3/c1-9-14-12(15-9)11-6-4-10(5-7-11)3-2-8-13/h4-9,12H,2-3H2,1H3. The predicted octanol–water partition coefficient (Wildman–Crippen LogP) is 2.21. The van der Waals surface area contributed by atoms with E-state index < -0.39 is 0 Å². The van der Waals surface area contributed by atoms with Crippen molar-refractivity contribution in [1.29, 1.82) is 0 Å². The Bertz CT molecular complexity index is 325. The van der Waals surface area contributed by atoms with E-state index in [9.17, 15) is 4.79 Å². The number of benzene rings is 1. The van der Waals surface area contributed by atoms with Crippen LogP contribution >= 0.6 is 0 Å². The van der Waals surface area contributed by atoms with Crippen LogP contribution in [0.1, 0.15) is 30.8 Å². The highest BCUT2D eigenvalue weighted by atomic mass is 16.9. The molecule has 1 saturated heterocycles. The zero-order valence-corrected chi connectivity index (χ0v) is 8.68. The number of aryl methyl sites for hydroxylation is 1. The Morgan fingerprint density at radius 3 is 2.47 bits per heavy atom. The molecule has 3 heteroatoms. The Balaban J connectivity index is 1.95. The van der Waals surface area contributed by atoms with E-state index in [1.807, 2.05) is 31.2 Å². The summed E-state index contributed by atoms with van der Waals surface area (Å²) in [4.78, 5) is 10.2. The van der Waals surface area contributed by atoms with Gasteiger partial charge in [0, 0.05) is 12.0 Å². The van der Waals surface area contributed by atoms with Gasteiger partial charge in [0.05, 0.1) is 0 Å². The molecule has 0 bridgehead atoms. The van der Waals surface area contributed by atoms with Crippen LogP contribution < -0.4 is 0 Å². The van der Waals surface area contributed by atoms with Gasteiger partial charge in [-0.15, -0.1) is 0 Å². The number of carbonyl (C=O) groups is 1. The molecule has 1 aliphatic rings. The number of rotatable bonds is 4. The Morgan fingerprint density at radius 2 is 1.93 bits per heavy atom. The average molecular weight is 206 g/mol. The summed E-state index contributed by atoms with van der Waals surface area (Å²) in [6.07, 6.45) is 2.01. The molecule has 1 heterocycles. The lowest BCUT2D eigenvalue weighted by Crippen LogP contribution is -2.31. The topological polar surface area (TPSA) is 35.5 Å². The number of carbonyl (C=O) groups excluding carboxylic acids is 1. The lowest BCUT2D eigenvalue weighted by molar-refractivity contribution is -0.382. The average Bonchev–Trinajstić information content (AvgIpc) is 2.23. The van der Waals surface area contributed by atoms with E-state index >= 15 is 0 Å². The summed E-state index contributed by atoms with van der Waals surface area (Å²) < 4.78 is 10.7. The van der Waals surface area contributed by atoms with E-state index in [0.29, 0.717) is 6.42 Å². The SMILES string of the molecule is CC1OC(c2ccc(CCC=O)cc2)O1. The zero-order valence-electron chi connectivity index (χ0n) is 8.68. The number of ether oxygens (including phenoxy) is 2. The van der Waals surface area contributed by atoms with Gasteiger partial charge in [0.1, 0.15) is 6.29 Å². The monoisotopic (exact) mass is 206 g/mol. The van der Waals surface area contributed by atoms with Crippen LogP contribution in [0.2, 0.25) is 0 Å². The van der Waals surface area contributed by atoms with Crippen LogP contribution in [0, 0.1) is 0 Å². The smallest absolute Gasteiger partial charge is 0.189 e. The number of aldehydes is 1. The van der Waals surface area contributed by atoms with Crippen LogP contribution in [-0.4, -0.2) is 12.6 Å². The van der Waals surface area contributed by atoms with Crippen LogP contribution in [0.3, 0.4) is 0 Å². The summed E-state index contributed by atoms with van der Waals surface area (Å²) in [5.74, 6) is 0. The zero-order chi connectivity index (χ0) is 10.7. The molecule has 0 aliphatic carbocycles. The minimum absolute atomic E-state index is 0.0928. The molecule has 0 saturated carbocycles. The van der Waals surface area contributed by atoms with Crippen molar-refractivity contribution >= 4 is 6.29 Å². The van der Waals surface area contributed by atoms with Crippen molar-refractivity contribution in [2.75, 3.05) is 0 Å². The molecule has 1 aromatic carbocycles. The van der Waals surface area contributed by atoms with Crippen molar-refractivity contribution < 1.29 is 14.3 Å². The summed E-state index contributed by atoms with van der Waals surface area (Å²) in [5.41, 5.74) is 2.20. The molecule has 0 N–H and O–H groups in total. The first kappa shape index (κ1) is 10.3. The fourth-order valence-corrected chi connectivity index (χ4v) is 1.58. The van der Waals surface area contributed by atoms with E-state index in [2.05, 4.69) is 0 Å². The van der Waals surface area contributed by atoms with Gasteiger partial charge in [0.2, 0.25) is 0 Å². The third-order valence-corrected chi connectivity index (χ3v) is 2.43. The first-order valence-electron chi connectivity index (χ1n) is 5.13. The quantitative estimate of drug-likeness (QED) is 0.708. The van der Waals surface area contributed by atoms with Gasteiger partial charge in [-0.2, -0.15) is 0 Å². The van der Waals surface area contributed by atoms with Gasteiger partial charge in [-0.25, -0.2) is 0 Å². The van der Waals surface area contributed by atoms with Gasteiger partial charge < -0.3 is 14.3 Å². The fourth-order valence-electron chi connectivity index (χ4n) is 1.58. The summed E-state index contributed by atoms with van der Waals surface area (Å²) in [6, 6.07) is 7.98. The van der Waals surface area contributed by atoms with Gasteiger partial charge in [-0.1, -0.05) is 24.3 Å². The van der Waals surface area contributed by atoms with Crippen molar-refractivity contribution in [2.45, 2.75) is 32.3 Å². The van der Waals surface area contributed by atoms with Gasteiger partial charge >= 0.3 is 0 Å². The van der Waals surface area contributed by atoms with E-state index in [1.165, 1.54) is 5.56 Å². The summed E-state index contributed by atoms with van der Waals surface area (Å²) in [6.45, 7) is 1.87. The van der Waals surface area contributed by atoms with E-state index in [1.54, 1.807) is 0 Å². The molecule has 0 unspecified atom stereocenters. The summed E-state index contributed by atoms with van der Waals surface area (Å²) in [5, 5.41) is 0. The van der Waals surface area contributed by atoms with Crippen molar-refractivity contribution in [3.8, 4) is 0 Å². The summed E-state index contributed by atoms with van der Waals surface area (Å²) >= 11 is 0. The lowest BCUT2D eigenvalue weighted by atomic mass is 10.1. The van der Waals surface area contributed by atoms with Crippen LogP contribution in [0.5, 0.6) is 0 Å². The molecule has 3 nitrogen and oxygen atoms in total. The van der Waals surface area contributed by atoms with E-state index in [0.717, 1.165) is 18.3 Å². The maximum atomic E-state index is 10.2. The maximum absolute atomic E-state index is 10.2. The second kappa shape index (κ2) is 4.55. The highest BCUT2D eigenvalue weighted by Gasteiger charge is 2.27. The van der Waals surface area contributed by atoms with E-state index in [4.69, 9.17) is 9.47 Å². The Hall–Kier alpha value is -1.19. The third-order valence-electron chi connectivity index (χ3n) is 2.43. The van der Waals surface area contributed by atoms with Crippen molar-refractivity contribution in [3.05, 3.63) is 35.4 Å². The van der Waals surface area contributed by atoms with Gasteiger partial charge in [-0.05, 0) is 18.9 Å². The molecule has 1 fully saturated rings. The van der Waals surface area contributed by atoms with E-state index in [-0.39, 0.29) is 12.6 Å². The maximum Gasteiger partial charge on any atom is 0.189 e. The van der Waals surface area contributed by atoms with Gasteiger partial charge in [-0.3, -0.25) is 0 Å². The molecule has 0 atom stereocenters. The Labute approximate surface area is 89.0 Å². The molecule has 0 spiro atoms. The fraction of sp³-hybridized carbons (Fsp3) is 0.417. The first-order chi connectivity index (χ1) is 7.29. The molecule has 0 amide bonds. The third kappa shape index (κ3) is 2.43. The highest BCUT2D eigenvalue weighted by Crippen LogP contribution is 2.31. The van der Waals surface area contributed by atoms with Crippen molar-refractivity contribution in [3.63, 3.8) is 0 Å². The second-order valence-corrected chi connectivity index (χ2v) is 3.62. The molecule has 80 valence electrons. The molecule has 1 aromatic rings. The number of hydrogen-bond donors (Lipinski definition) is 0. The normalized spacial score (nSPS) is 24.6. The van der Waals surface area contributed by atoms with Crippen LogP contribution in [0.25, 0.3) is 0 Å². The highest BCUT2D eigenvalue weighted by molar-refractivity contribution is 5.50. The number of hydrogen-bond acceptors (Lipinski definition) is 3. The van der Waals surface area contributed by atoms with Gasteiger partial charge in [0.15, 0.2) is 12.6 Å². The predicted molar refractivity (Wildman–Crippen MR) is 55.2 cm³/mol. The lowest BCUT2D eigenvalue weighted by Gasteiger charge is -2.33. The van der Waals surface area contributed by atoms with Gasteiger partial charge in [0.25, 0.3) is 0 Å². The molecule has 0 radical (unpaired) electrons. The minimum atomic E-state index is -0.208. The largest absolute Gasteiger partial charge is 0.320 e. The molecule has 2 rings (SSSR count). The second-order valence-electron chi connectivity index (χ2n) is 3.62. The first-order valence-corrected chi connectivity index (χ1v) is 5.13. The molecule has 0 aromatic heterocycles. The Morgan fingerprint density at radius 1 is 1.27 bits per heavy atom. The van der Waals surface area contributed by atoms with Crippen molar-refractivity contribution in [1.82, 2.24) is 0 Å². The van der Waals surface area contributed by atoms with Crippen LogP contribution in [0.4, 0.5) is 0 Å². The van der Waals surface area contributed by atoms with Crippen molar-refractivity contribution in [2.24, 2.45) is 0 Å². The molecule has 15 heavy (non-hydrogen) atoms. The molecule has 1 aliphatic heterocycles. The van der Waals surface area contributed by atoms with Crippen LogP contribution in [0.15, 0.2) is 24.3 Å². The minimum Gasteiger partial charge on any atom is -0.320 e. The molecular formula is C12H14O3.